The summed E-state index contributed by atoms with van der Waals surface area (Å²) in [5, 5.41) is 4.51. The molecule has 2 atom stereocenters. The second kappa shape index (κ2) is 6.85. The summed E-state index contributed by atoms with van der Waals surface area (Å²) >= 11 is 7.69. The van der Waals surface area contributed by atoms with Crippen LogP contribution in [0.5, 0.6) is 0 Å². The predicted molar refractivity (Wildman–Crippen MR) is 78.4 cm³/mol. The molecule has 0 aliphatic carbocycles. The Morgan fingerprint density at radius 1 is 1.61 bits per heavy atom. The van der Waals surface area contributed by atoms with Crippen LogP contribution in [0.4, 0.5) is 0 Å². The highest BCUT2D eigenvalue weighted by atomic mass is 35.5. The fourth-order valence-electron chi connectivity index (χ4n) is 2.93. The van der Waals surface area contributed by atoms with Crippen molar-refractivity contribution >= 4 is 22.9 Å². The molecule has 3 nitrogen and oxygen atoms in total. The van der Waals surface area contributed by atoms with Crippen LogP contribution in [0.15, 0.2) is 6.20 Å². The summed E-state index contributed by atoms with van der Waals surface area (Å²) < 4.78 is 0.801. The lowest BCUT2D eigenvalue weighted by atomic mass is 9.89. The van der Waals surface area contributed by atoms with E-state index in [4.69, 9.17) is 11.6 Å². The number of nitrogens with one attached hydrogen (secondary N) is 1. The summed E-state index contributed by atoms with van der Waals surface area (Å²) in [5.74, 6) is 0.650. The lowest BCUT2D eigenvalue weighted by molar-refractivity contribution is 0.0922. The lowest BCUT2D eigenvalue weighted by Gasteiger charge is -2.40. The van der Waals surface area contributed by atoms with Gasteiger partial charge in [0.05, 0.1) is 12.2 Å². The summed E-state index contributed by atoms with van der Waals surface area (Å²) in [5.41, 5.74) is 0. The molecule has 0 spiro atoms. The minimum atomic E-state index is 0.448. The van der Waals surface area contributed by atoms with Gasteiger partial charge in [0.2, 0.25) is 0 Å². The first-order valence-electron chi connectivity index (χ1n) is 6.76. The Morgan fingerprint density at radius 3 is 3.06 bits per heavy atom. The minimum absolute atomic E-state index is 0.448. The van der Waals surface area contributed by atoms with Crippen molar-refractivity contribution in [2.24, 2.45) is 5.92 Å². The van der Waals surface area contributed by atoms with E-state index in [9.17, 15) is 0 Å². The Labute approximate surface area is 119 Å². The van der Waals surface area contributed by atoms with E-state index in [1.807, 2.05) is 7.05 Å². The van der Waals surface area contributed by atoms with E-state index in [-0.39, 0.29) is 0 Å². The third-order valence-corrected chi connectivity index (χ3v) is 4.77. The highest BCUT2D eigenvalue weighted by Crippen LogP contribution is 2.38. The molecule has 2 rings (SSSR count). The summed E-state index contributed by atoms with van der Waals surface area (Å²) in [7, 11) is 2.03. The molecule has 0 radical (unpaired) electrons. The Hall–Kier alpha value is -0.160. The molecule has 102 valence electrons. The van der Waals surface area contributed by atoms with Gasteiger partial charge in [0, 0.05) is 0 Å². The molecule has 1 saturated heterocycles. The van der Waals surface area contributed by atoms with Gasteiger partial charge in [-0.2, -0.15) is 0 Å². The van der Waals surface area contributed by atoms with Gasteiger partial charge in [-0.1, -0.05) is 18.5 Å². The number of halogens is 1. The van der Waals surface area contributed by atoms with E-state index in [2.05, 4.69) is 22.1 Å². The molecule has 1 aromatic heterocycles. The Bertz CT molecular complexity index is 351. The van der Waals surface area contributed by atoms with Crippen LogP contribution in [0.1, 0.15) is 37.2 Å². The number of nitrogens with zero attached hydrogens (tertiary/aromatic N) is 2. The average Bonchev–Trinajstić information content (AvgIpc) is 2.77. The molecule has 1 fully saturated rings. The second-order valence-corrected chi connectivity index (χ2v) is 6.64. The van der Waals surface area contributed by atoms with Crippen molar-refractivity contribution in [2.75, 3.05) is 26.7 Å². The highest BCUT2D eigenvalue weighted by Gasteiger charge is 2.33. The molecule has 1 aliphatic heterocycles. The molecular formula is C13H22ClN3S. The molecule has 1 aliphatic rings. The third-order valence-electron chi connectivity index (χ3n) is 3.59. The van der Waals surface area contributed by atoms with Gasteiger partial charge in [-0.3, -0.25) is 4.90 Å². The summed E-state index contributed by atoms with van der Waals surface area (Å²) in [6.45, 7) is 5.65. The second-order valence-electron chi connectivity index (χ2n) is 4.94. The first-order chi connectivity index (χ1) is 8.76. The summed E-state index contributed by atoms with van der Waals surface area (Å²) in [6, 6.07) is 0.448. The van der Waals surface area contributed by atoms with Crippen LogP contribution >= 0.6 is 22.9 Å². The molecule has 1 aromatic rings. The Kier molecular flexibility index (Phi) is 5.42. The molecule has 2 unspecified atom stereocenters. The molecule has 1 N–H and O–H groups in total. The van der Waals surface area contributed by atoms with E-state index in [0.29, 0.717) is 12.0 Å². The smallest absolute Gasteiger partial charge is 0.113 e. The lowest BCUT2D eigenvalue weighted by Crippen LogP contribution is -2.42. The van der Waals surface area contributed by atoms with Crippen LogP contribution in [0.25, 0.3) is 0 Å². The number of likely N-dealkylation sites (tertiary alicyclic amines) is 1. The van der Waals surface area contributed by atoms with Gasteiger partial charge in [0.15, 0.2) is 0 Å². The van der Waals surface area contributed by atoms with Crippen LogP contribution in [0.2, 0.25) is 4.34 Å². The number of thiazole rings is 1. The molecule has 0 amide bonds. The predicted octanol–water partition coefficient (Wildman–Crippen LogP) is 3.18. The zero-order valence-corrected chi connectivity index (χ0v) is 12.7. The van der Waals surface area contributed by atoms with Gasteiger partial charge < -0.3 is 5.32 Å². The monoisotopic (exact) mass is 287 g/mol. The molecule has 18 heavy (non-hydrogen) atoms. The van der Waals surface area contributed by atoms with Crippen LogP contribution in [-0.2, 0) is 0 Å². The van der Waals surface area contributed by atoms with Crippen molar-refractivity contribution < 1.29 is 0 Å². The number of hydrogen-bond donors (Lipinski definition) is 1. The maximum atomic E-state index is 6.05. The van der Waals surface area contributed by atoms with Crippen LogP contribution < -0.4 is 5.32 Å². The number of hydrogen-bond acceptors (Lipinski definition) is 4. The zero-order valence-electron chi connectivity index (χ0n) is 11.2. The van der Waals surface area contributed by atoms with Crippen molar-refractivity contribution in [2.45, 2.75) is 32.2 Å². The van der Waals surface area contributed by atoms with Crippen LogP contribution in [0, 0.1) is 5.92 Å². The molecule has 5 heteroatoms. The van der Waals surface area contributed by atoms with Crippen molar-refractivity contribution in [3.8, 4) is 0 Å². The average molecular weight is 288 g/mol. The fourth-order valence-corrected chi connectivity index (χ4v) is 4.09. The van der Waals surface area contributed by atoms with E-state index < -0.39 is 0 Å². The third kappa shape index (κ3) is 3.23. The van der Waals surface area contributed by atoms with E-state index >= 15 is 0 Å². The largest absolute Gasteiger partial charge is 0.319 e. The summed E-state index contributed by atoms with van der Waals surface area (Å²) in [6.07, 6.45) is 5.56. The van der Waals surface area contributed by atoms with Crippen molar-refractivity contribution in [3.05, 3.63) is 15.5 Å². The first kappa shape index (κ1) is 14.3. The number of rotatable bonds is 5. The maximum Gasteiger partial charge on any atom is 0.113 e. The van der Waals surface area contributed by atoms with Gasteiger partial charge in [-0.25, -0.2) is 4.98 Å². The molecule has 0 bridgehead atoms. The molecule has 2 heterocycles. The van der Waals surface area contributed by atoms with Crippen molar-refractivity contribution in [3.63, 3.8) is 0 Å². The van der Waals surface area contributed by atoms with Gasteiger partial charge in [0.25, 0.3) is 0 Å². The molecule has 0 aromatic carbocycles. The fraction of sp³-hybridized carbons (Fsp3) is 0.769. The van der Waals surface area contributed by atoms with E-state index in [1.54, 1.807) is 17.5 Å². The molecular weight excluding hydrogens is 266 g/mol. The van der Waals surface area contributed by atoms with Gasteiger partial charge in [-0.15, -0.1) is 11.3 Å². The standard InChI is InChI=1S/C13H22ClN3S/c1-3-6-17-7-4-5-10(8-15-2)12(17)13-16-9-11(14)18-13/h9-10,12,15H,3-8H2,1-2H3. The number of piperidine rings is 1. The summed E-state index contributed by atoms with van der Waals surface area (Å²) in [4.78, 5) is 7.11. The minimum Gasteiger partial charge on any atom is -0.319 e. The van der Waals surface area contributed by atoms with Crippen molar-refractivity contribution in [1.29, 1.82) is 0 Å². The maximum absolute atomic E-state index is 6.05. The van der Waals surface area contributed by atoms with E-state index in [0.717, 1.165) is 17.4 Å². The highest BCUT2D eigenvalue weighted by molar-refractivity contribution is 7.15. The van der Waals surface area contributed by atoms with Crippen LogP contribution in [-0.4, -0.2) is 36.6 Å². The Morgan fingerprint density at radius 2 is 2.44 bits per heavy atom. The number of aromatic nitrogens is 1. The van der Waals surface area contributed by atoms with E-state index in [1.165, 1.54) is 30.8 Å². The van der Waals surface area contributed by atoms with Gasteiger partial charge in [-0.05, 0) is 51.9 Å². The Balaban J connectivity index is 2.20. The van der Waals surface area contributed by atoms with Gasteiger partial charge in [0.1, 0.15) is 9.34 Å². The van der Waals surface area contributed by atoms with Crippen molar-refractivity contribution in [1.82, 2.24) is 15.2 Å². The molecule has 0 saturated carbocycles. The first-order valence-corrected chi connectivity index (χ1v) is 7.95. The zero-order chi connectivity index (χ0) is 13.0. The topological polar surface area (TPSA) is 28.2 Å². The SMILES string of the molecule is CCCN1CCCC(CNC)C1c1ncc(Cl)s1. The normalized spacial score (nSPS) is 25.5. The van der Waals surface area contributed by atoms with Gasteiger partial charge >= 0.3 is 0 Å². The van der Waals surface area contributed by atoms with Crippen LogP contribution in [0.3, 0.4) is 0 Å². The quantitative estimate of drug-likeness (QED) is 0.901.